The number of aromatic amines is 1. The van der Waals surface area contributed by atoms with Crippen molar-refractivity contribution in [2.45, 2.75) is 39.0 Å². The Bertz CT molecular complexity index is 254. The second-order valence-electron chi connectivity index (χ2n) is 3.44. The van der Waals surface area contributed by atoms with Crippen molar-refractivity contribution < 1.29 is 0 Å². The highest BCUT2D eigenvalue weighted by Gasteiger charge is 2.30. The molecule has 0 atom stereocenters. The molecule has 0 radical (unpaired) electrons. The van der Waals surface area contributed by atoms with Crippen LogP contribution in [0.4, 0.5) is 0 Å². The molecule has 4 heteroatoms. The van der Waals surface area contributed by atoms with Gasteiger partial charge in [0.05, 0.1) is 0 Å². The molecule has 0 bridgehead atoms. The van der Waals surface area contributed by atoms with Crippen molar-refractivity contribution >= 4 is 0 Å². The minimum absolute atomic E-state index is 0.0369. The normalized spacial score (nSPS) is 12.0. The molecule has 13 heavy (non-hydrogen) atoms. The van der Waals surface area contributed by atoms with Crippen LogP contribution in [0.1, 0.15) is 38.3 Å². The van der Waals surface area contributed by atoms with Crippen molar-refractivity contribution in [1.29, 1.82) is 0 Å². The first-order valence-electron chi connectivity index (χ1n) is 4.78. The van der Waals surface area contributed by atoms with Gasteiger partial charge in [-0.05, 0) is 19.8 Å². The first-order valence-corrected chi connectivity index (χ1v) is 4.78. The van der Waals surface area contributed by atoms with E-state index in [1.54, 1.807) is 0 Å². The van der Waals surface area contributed by atoms with E-state index in [0.29, 0.717) is 6.54 Å². The summed E-state index contributed by atoms with van der Waals surface area (Å²) in [6, 6.07) is 0. The number of hydrogen-bond acceptors (Lipinski definition) is 3. The van der Waals surface area contributed by atoms with Gasteiger partial charge < -0.3 is 5.73 Å². The molecule has 0 fully saturated rings. The first kappa shape index (κ1) is 10.2. The van der Waals surface area contributed by atoms with Crippen molar-refractivity contribution in [2.24, 2.45) is 5.73 Å². The smallest absolute Gasteiger partial charge is 0.158 e. The third-order valence-corrected chi connectivity index (χ3v) is 2.82. The van der Waals surface area contributed by atoms with Crippen LogP contribution in [-0.2, 0) is 5.41 Å². The maximum absolute atomic E-state index is 5.78. The van der Waals surface area contributed by atoms with Gasteiger partial charge in [-0.25, -0.2) is 4.98 Å². The van der Waals surface area contributed by atoms with E-state index >= 15 is 0 Å². The topological polar surface area (TPSA) is 67.6 Å². The van der Waals surface area contributed by atoms with Crippen LogP contribution in [0.5, 0.6) is 0 Å². The van der Waals surface area contributed by atoms with Gasteiger partial charge in [0.1, 0.15) is 5.82 Å². The van der Waals surface area contributed by atoms with E-state index in [0.717, 1.165) is 24.5 Å². The molecule has 0 unspecified atom stereocenters. The van der Waals surface area contributed by atoms with Crippen LogP contribution in [0.2, 0.25) is 0 Å². The third-order valence-electron chi connectivity index (χ3n) is 2.82. The molecule has 74 valence electrons. The molecule has 0 aromatic carbocycles. The van der Waals surface area contributed by atoms with Gasteiger partial charge in [-0.3, -0.25) is 5.10 Å². The Kier molecular flexibility index (Phi) is 3.03. The van der Waals surface area contributed by atoms with E-state index in [4.69, 9.17) is 5.73 Å². The highest BCUT2D eigenvalue weighted by atomic mass is 15.2. The van der Waals surface area contributed by atoms with Gasteiger partial charge in [0, 0.05) is 12.0 Å². The molecule has 0 amide bonds. The molecular formula is C9H18N4. The molecule has 1 aromatic heterocycles. The number of nitrogens with one attached hydrogen (secondary N) is 1. The van der Waals surface area contributed by atoms with Crippen LogP contribution in [-0.4, -0.2) is 21.7 Å². The van der Waals surface area contributed by atoms with Crippen molar-refractivity contribution in [3.05, 3.63) is 11.6 Å². The zero-order valence-corrected chi connectivity index (χ0v) is 8.59. The Balaban J connectivity index is 3.00. The number of nitrogens with two attached hydrogens (primary N) is 1. The van der Waals surface area contributed by atoms with E-state index in [1.807, 2.05) is 6.92 Å². The lowest BCUT2D eigenvalue weighted by atomic mass is 9.82. The van der Waals surface area contributed by atoms with Crippen molar-refractivity contribution in [3.8, 4) is 0 Å². The lowest BCUT2D eigenvalue weighted by molar-refractivity contribution is 0.384. The number of nitrogens with zero attached hydrogens (tertiary/aromatic N) is 2. The highest BCUT2D eigenvalue weighted by Crippen LogP contribution is 2.27. The predicted octanol–water partition coefficient (Wildman–Crippen LogP) is 1.13. The molecule has 1 heterocycles. The minimum atomic E-state index is -0.0369. The number of H-pyrrole nitrogens is 1. The van der Waals surface area contributed by atoms with Gasteiger partial charge in [-0.2, -0.15) is 5.10 Å². The van der Waals surface area contributed by atoms with Gasteiger partial charge >= 0.3 is 0 Å². The Morgan fingerprint density at radius 1 is 1.38 bits per heavy atom. The third kappa shape index (κ3) is 1.72. The first-order chi connectivity index (χ1) is 6.18. The molecule has 0 aliphatic rings. The Morgan fingerprint density at radius 3 is 2.31 bits per heavy atom. The molecule has 0 saturated heterocycles. The summed E-state index contributed by atoms with van der Waals surface area (Å²) in [5.41, 5.74) is 5.74. The summed E-state index contributed by atoms with van der Waals surface area (Å²) in [6.45, 7) is 6.77. The van der Waals surface area contributed by atoms with Crippen LogP contribution in [0.25, 0.3) is 0 Å². The summed E-state index contributed by atoms with van der Waals surface area (Å²) in [7, 11) is 0. The molecule has 0 aliphatic heterocycles. The number of rotatable bonds is 4. The molecule has 0 aliphatic carbocycles. The van der Waals surface area contributed by atoms with Crippen LogP contribution < -0.4 is 5.73 Å². The fraction of sp³-hybridized carbons (Fsp3) is 0.778. The van der Waals surface area contributed by atoms with Gasteiger partial charge in [0.15, 0.2) is 5.82 Å². The number of aromatic nitrogens is 3. The Labute approximate surface area is 78.9 Å². The summed E-state index contributed by atoms with van der Waals surface area (Å²) >= 11 is 0. The van der Waals surface area contributed by atoms with Crippen LogP contribution in [0.15, 0.2) is 0 Å². The van der Waals surface area contributed by atoms with Gasteiger partial charge in [-0.15, -0.1) is 0 Å². The lowest BCUT2D eigenvalue weighted by Crippen LogP contribution is -2.35. The van der Waals surface area contributed by atoms with E-state index in [2.05, 4.69) is 29.0 Å². The molecule has 4 nitrogen and oxygen atoms in total. The summed E-state index contributed by atoms with van der Waals surface area (Å²) in [5, 5.41) is 7.04. The average Bonchev–Trinajstić information content (AvgIpc) is 2.57. The summed E-state index contributed by atoms with van der Waals surface area (Å²) in [4.78, 5) is 4.35. The quantitative estimate of drug-likeness (QED) is 0.733. The maximum Gasteiger partial charge on any atom is 0.158 e. The fourth-order valence-electron chi connectivity index (χ4n) is 1.53. The average molecular weight is 182 g/mol. The predicted molar refractivity (Wildman–Crippen MR) is 52.4 cm³/mol. The summed E-state index contributed by atoms with van der Waals surface area (Å²) in [6.07, 6.45) is 1.97. The summed E-state index contributed by atoms with van der Waals surface area (Å²) in [5.74, 6) is 1.72. The number of hydrogen-bond donors (Lipinski definition) is 2. The Morgan fingerprint density at radius 2 is 2.00 bits per heavy atom. The second-order valence-corrected chi connectivity index (χ2v) is 3.44. The highest BCUT2D eigenvalue weighted by molar-refractivity contribution is 5.07. The molecule has 1 rings (SSSR count). The van der Waals surface area contributed by atoms with Gasteiger partial charge in [0.2, 0.25) is 0 Å². The minimum Gasteiger partial charge on any atom is -0.329 e. The second kappa shape index (κ2) is 3.87. The van der Waals surface area contributed by atoms with Crippen molar-refractivity contribution in [3.63, 3.8) is 0 Å². The zero-order chi connectivity index (χ0) is 9.90. The molecule has 0 spiro atoms. The standard InChI is InChI=1S/C9H18N4/c1-4-9(5-2,6-10)8-11-7(3)12-13-8/h4-6,10H2,1-3H3,(H,11,12,13). The van der Waals surface area contributed by atoms with E-state index < -0.39 is 0 Å². The van der Waals surface area contributed by atoms with Gasteiger partial charge in [-0.1, -0.05) is 13.8 Å². The molecule has 0 saturated carbocycles. The zero-order valence-electron chi connectivity index (χ0n) is 8.59. The van der Waals surface area contributed by atoms with Crippen molar-refractivity contribution in [2.75, 3.05) is 6.54 Å². The van der Waals surface area contributed by atoms with E-state index in [1.165, 1.54) is 0 Å². The van der Waals surface area contributed by atoms with Crippen LogP contribution >= 0.6 is 0 Å². The van der Waals surface area contributed by atoms with E-state index in [-0.39, 0.29) is 5.41 Å². The van der Waals surface area contributed by atoms with Crippen LogP contribution in [0, 0.1) is 6.92 Å². The number of aryl methyl sites for hydroxylation is 1. The maximum atomic E-state index is 5.78. The fourth-order valence-corrected chi connectivity index (χ4v) is 1.53. The monoisotopic (exact) mass is 182 g/mol. The lowest BCUT2D eigenvalue weighted by Gasteiger charge is -2.26. The molecule has 1 aromatic rings. The van der Waals surface area contributed by atoms with Crippen LogP contribution in [0.3, 0.4) is 0 Å². The van der Waals surface area contributed by atoms with E-state index in [9.17, 15) is 0 Å². The molecular weight excluding hydrogens is 164 g/mol. The largest absolute Gasteiger partial charge is 0.329 e. The van der Waals surface area contributed by atoms with Gasteiger partial charge in [0.25, 0.3) is 0 Å². The SMILES string of the molecule is CCC(CC)(CN)c1n[nH]c(C)n1. The molecule has 3 N–H and O–H groups in total. The Hall–Kier alpha value is -0.900. The summed E-state index contributed by atoms with van der Waals surface area (Å²) < 4.78 is 0. The van der Waals surface area contributed by atoms with Crippen molar-refractivity contribution in [1.82, 2.24) is 15.2 Å².